The topological polar surface area (TPSA) is 149 Å². The molecule has 2 bridgehead atoms. The molecule has 0 radical (unpaired) electrons. The zero-order valence-electron chi connectivity index (χ0n) is 30.6. The van der Waals surface area contributed by atoms with Crippen LogP contribution < -0.4 is 16.0 Å². The summed E-state index contributed by atoms with van der Waals surface area (Å²) in [6.07, 6.45) is 0.632. The maximum absolute atomic E-state index is 14.0. The highest BCUT2D eigenvalue weighted by Gasteiger charge is 2.57. The minimum Gasteiger partial charge on any atom is -0.444 e. The molecule has 0 spiro atoms. The smallest absolute Gasteiger partial charge is 0.407 e. The lowest BCUT2D eigenvalue weighted by atomic mass is 9.45. The number of fused-ring (bicyclic) bond motifs is 2. The Bertz CT molecular complexity index is 1520. The fourth-order valence-corrected chi connectivity index (χ4v) is 8.25. The zero-order valence-corrected chi connectivity index (χ0v) is 30.6. The Balaban J connectivity index is 1.23. The van der Waals surface area contributed by atoms with Gasteiger partial charge in [0.05, 0.1) is 19.3 Å². The van der Waals surface area contributed by atoms with Gasteiger partial charge < -0.3 is 30.9 Å². The molecule has 1 heterocycles. The molecule has 2 aromatic carbocycles. The van der Waals surface area contributed by atoms with Gasteiger partial charge in [-0.3, -0.25) is 14.4 Å². The molecule has 0 aromatic heterocycles. The first-order valence-electron chi connectivity index (χ1n) is 18.1. The Morgan fingerprint density at radius 2 is 1.72 bits per heavy atom. The molecule has 11 nitrogen and oxygen atoms in total. The van der Waals surface area contributed by atoms with Crippen LogP contribution in [0, 0.1) is 29.1 Å². The quantitative estimate of drug-likeness (QED) is 0.202. The summed E-state index contributed by atoms with van der Waals surface area (Å²) in [5.41, 5.74) is 2.86. The summed E-state index contributed by atoms with van der Waals surface area (Å²) in [6.45, 7) is 14.7. The van der Waals surface area contributed by atoms with Crippen LogP contribution in [0.15, 0.2) is 48.5 Å². The molecule has 4 aliphatic rings. The normalized spacial score (nSPS) is 27.9. The van der Waals surface area contributed by atoms with Crippen molar-refractivity contribution in [2.45, 2.75) is 104 Å². The van der Waals surface area contributed by atoms with E-state index in [0.717, 1.165) is 23.1 Å². The second kappa shape index (κ2) is 15.4. The molecule has 1 saturated heterocycles. The van der Waals surface area contributed by atoms with E-state index in [9.17, 15) is 24.6 Å². The van der Waals surface area contributed by atoms with Gasteiger partial charge in [-0.05, 0) is 105 Å². The lowest BCUT2D eigenvalue weighted by Crippen LogP contribution is -2.62. The van der Waals surface area contributed by atoms with Crippen LogP contribution in [0.25, 0.3) is 11.1 Å². The van der Waals surface area contributed by atoms with Gasteiger partial charge in [0, 0.05) is 30.6 Å². The van der Waals surface area contributed by atoms with Crippen molar-refractivity contribution in [3.05, 3.63) is 59.7 Å². The number of amides is 3. The third-order valence-corrected chi connectivity index (χ3v) is 11.1. The average Bonchev–Trinajstić information content (AvgIpc) is 3.43. The number of nitrogens with zero attached hydrogens (tertiary/aromatic N) is 1. The summed E-state index contributed by atoms with van der Waals surface area (Å²) in [4.78, 5) is 45.0. The molecule has 3 saturated carbocycles. The minimum absolute atomic E-state index is 0.0608. The molecule has 11 heteroatoms. The Labute approximate surface area is 296 Å². The third kappa shape index (κ3) is 8.50. The van der Waals surface area contributed by atoms with E-state index < -0.39 is 35.9 Å². The van der Waals surface area contributed by atoms with Crippen molar-refractivity contribution in [3.63, 3.8) is 0 Å². The number of nitrogens with one attached hydrogen (secondary N) is 3. The molecule has 5 N–H and O–H groups in total. The number of aliphatic hydroxyl groups excluding tert-OH is 2. The Morgan fingerprint density at radius 3 is 2.36 bits per heavy atom. The standard InChI is InChI=1S/C39H56N4O7/c1-23-30-19-29(39(30,6)7)20-31(23)42-36(47)34-33(24(2)45)32(22-44)50-43(34)21-25-11-8-12-26(17-25)27-13-9-14-28(18-27)35(46)40-15-10-16-41-37(48)49-38(3,4)5/h8-9,11-14,17-18,23-24,29-34,44-45H,10,15-16,19-22H2,1-7H3,(H,40,46)(H,41,48)(H,42,47)/t23-,24-,29-,30+,31-,32-,33+,34-/m0/s1. The molecule has 50 heavy (non-hydrogen) atoms. The van der Waals surface area contributed by atoms with E-state index in [1.807, 2.05) is 42.5 Å². The lowest BCUT2D eigenvalue weighted by molar-refractivity contribution is -0.183. The first kappa shape index (κ1) is 37.7. The van der Waals surface area contributed by atoms with E-state index in [0.29, 0.717) is 48.2 Å². The van der Waals surface area contributed by atoms with Gasteiger partial charge in [0.2, 0.25) is 5.91 Å². The number of ether oxygens (including phenoxy) is 1. The lowest BCUT2D eigenvalue weighted by Gasteiger charge is -2.62. The first-order chi connectivity index (χ1) is 23.6. The van der Waals surface area contributed by atoms with Gasteiger partial charge in [0.15, 0.2) is 0 Å². The molecular weight excluding hydrogens is 636 g/mol. The maximum atomic E-state index is 14.0. The van der Waals surface area contributed by atoms with E-state index in [1.165, 1.54) is 6.42 Å². The van der Waals surface area contributed by atoms with Crippen LogP contribution >= 0.6 is 0 Å². The largest absolute Gasteiger partial charge is 0.444 e. The molecule has 8 atom stereocenters. The summed E-state index contributed by atoms with van der Waals surface area (Å²) in [5, 5.41) is 31.5. The fourth-order valence-electron chi connectivity index (χ4n) is 8.25. The summed E-state index contributed by atoms with van der Waals surface area (Å²) in [6, 6.07) is 14.5. The van der Waals surface area contributed by atoms with Crippen LogP contribution in [0.4, 0.5) is 4.79 Å². The molecule has 3 amide bonds. The fraction of sp³-hybridized carbons (Fsp3) is 0.615. The number of aliphatic hydroxyl groups is 2. The van der Waals surface area contributed by atoms with Crippen molar-refractivity contribution in [2.24, 2.45) is 29.1 Å². The van der Waals surface area contributed by atoms with Crippen LogP contribution in [0.1, 0.15) is 83.7 Å². The van der Waals surface area contributed by atoms with Gasteiger partial charge in [0.25, 0.3) is 5.91 Å². The number of hydrogen-bond acceptors (Lipinski definition) is 8. The van der Waals surface area contributed by atoms with Gasteiger partial charge in [-0.15, -0.1) is 0 Å². The summed E-state index contributed by atoms with van der Waals surface area (Å²) >= 11 is 0. The number of rotatable bonds is 12. The average molecular weight is 693 g/mol. The van der Waals surface area contributed by atoms with Gasteiger partial charge in [-0.25, -0.2) is 4.79 Å². The van der Waals surface area contributed by atoms with E-state index in [4.69, 9.17) is 9.57 Å². The van der Waals surface area contributed by atoms with E-state index in [2.05, 4.69) is 36.7 Å². The van der Waals surface area contributed by atoms with Crippen LogP contribution in [0.3, 0.4) is 0 Å². The molecule has 6 rings (SSSR count). The maximum Gasteiger partial charge on any atom is 0.407 e. The van der Waals surface area contributed by atoms with E-state index >= 15 is 0 Å². The van der Waals surface area contributed by atoms with Crippen molar-refractivity contribution in [2.75, 3.05) is 19.7 Å². The van der Waals surface area contributed by atoms with Crippen molar-refractivity contribution in [1.29, 1.82) is 0 Å². The molecular formula is C39H56N4O7. The van der Waals surface area contributed by atoms with Crippen LogP contribution in [-0.4, -0.2) is 82.8 Å². The highest BCUT2D eigenvalue weighted by Crippen LogP contribution is 2.61. The Morgan fingerprint density at radius 1 is 1.04 bits per heavy atom. The summed E-state index contributed by atoms with van der Waals surface area (Å²) in [5.74, 6) is 0.509. The van der Waals surface area contributed by atoms with Gasteiger partial charge in [-0.1, -0.05) is 51.1 Å². The minimum atomic E-state index is -0.870. The van der Waals surface area contributed by atoms with Gasteiger partial charge in [-0.2, -0.15) is 5.06 Å². The number of carbonyl (C=O) groups excluding carboxylic acids is 3. The summed E-state index contributed by atoms with van der Waals surface area (Å²) in [7, 11) is 0. The van der Waals surface area contributed by atoms with Gasteiger partial charge in [0.1, 0.15) is 17.7 Å². The SMILES string of the molecule is C[C@@H]1[C@@H](NC(=O)[C@@H]2[C@H]([C@H](C)O)[C@H](CO)ON2Cc2cccc(-c3cccc(C(=O)NCCCNC(=O)OC(C)(C)C)c3)c2)C[C@@H]2C[C@H]1C2(C)C. The second-order valence-electron chi connectivity index (χ2n) is 16.1. The second-order valence-corrected chi connectivity index (χ2v) is 16.1. The molecule has 3 aliphatic carbocycles. The molecule has 4 fully saturated rings. The van der Waals surface area contributed by atoms with Gasteiger partial charge >= 0.3 is 6.09 Å². The zero-order chi connectivity index (χ0) is 36.4. The Hall–Kier alpha value is -3.51. The van der Waals surface area contributed by atoms with Crippen molar-refractivity contribution >= 4 is 17.9 Å². The van der Waals surface area contributed by atoms with Crippen molar-refractivity contribution in [3.8, 4) is 11.1 Å². The highest BCUT2D eigenvalue weighted by molar-refractivity contribution is 5.95. The Kier molecular flexibility index (Phi) is 11.6. The number of hydrogen-bond donors (Lipinski definition) is 5. The monoisotopic (exact) mass is 692 g/mol. The van der Waals surface area contributed by atoms with Crippen LogP contribution in [-0.2, 0) is 20.9 Å². The molecule has 2 aromatic rings. The van der Waals surface area contributed by atoms with Crippen molar-refractivity contribution in [1.82, 2.24) is 21.0 Å². The highest BCUT2D eigenvalue weighted by atomic mass is 16.7. The van der Waals surface area contributed by atoms with E-state index in [1.54, 1.807) is 38.8 Å². The first-order valence-corrected chi connectivity index (χ1v) is 18.1. The number of benzene rings is 2. The van der Waals surface area contributed by atoms with Crippen LogP contribution in [0.2, 0.25) is 0 Å². The molecule has 1 aliphatic heterocycles. The predicted octanol–water partition coefficient (Wildman–Crippen LogP) is 4.66. The number of carbonyl (C=O) groups is 3. The number of alkyl carbamates (subject to hydrolysis) is 1. The summed E-state index contributed by atoms with van der Waals surface area (Å²) < 4.78 is 5.23. The van der Waals surface area contributed by atoms with E-state index in [-0.39, 0.29) is 31.0 Å². The van der Waals surface area contributed by atoms with Crippen LogP contribution in [0.5, 0.6) is 0 Å². The molecule has 274 valence electrons. The number of hydroxylamine groups is 2. The van der Waals surface area contributed by atoms with Crippen molar-refractivity contribution < 1.29 is 34.2 Å². The molecule has 0 unspecified atom stereocenters. The third-order valence-electron chi connectivity index (χ3n) is 11.1. The predicted molar refractivity (Wildman–Crippen MR) is 191 cm³/mol.